The molecule has 1 aromatic carbocycles. The second-order valence-corrected chi connectivity index (χ2v) is 7.40. The van der Waals surface area contributed by atoms with Gasteiger partial charge in [-0.1, -0.05) is 29.8 Å². The number of nitrogens with zero attached hydrogens (tertiary/aromatic N) is 6. The molecule has 7 nitrogen and oxygen atoms in total. The number of pyridine rings is 1. The topological polar surface area (TPSA) is 76.8 Å². The molecule has 1 aliphatic heterocycles. The number of carbonyl (C=O) groups is 1. The highest BCUT2D eigenvalue weighted by atomic mass is 35.5. The number of likely N-dealkylation sites (tertiary alicyclic amines) is 1. The molecule has 1 unspecified atom stereocenters. The largest absolute Gasteiger partial charge is 0.334 e. The van der Waals surface area contributed by atoms with E-state index in [1.165, 1.54) is 11.9 Å². The molecule has 2 aromatic heterocycles. The van der Waals surface area contributed by atoms with Crippen molar-refractivity contribution in [2.45, 2.75) is 38.3 Å². The summed E-state index contributed by atoms with van der Waals surface area (Å²) in [6, 6.07) is 12.0. The van der Waals surface area contributed by atoms with E-state index in [-0.39, 0.29) is 11.9 Å². The molecule has 0 radical (unpaired) electrons. The molecule has 0 bridgehead atoms. The van der Waals surface area contributed by atoms with E-state index < -0.39 is 0 Å². The van der Waals surface area contributed by atoms with Crippen molar-refractivity contribution < 1.29 is 4.79 Å². The number of rotatable bonds is 6. The molecular formula is C20H21ClN6O. The predicted octanol–water partition coefficient (Wildman–Crippen LogP) is 3.07. The Hall–Kier alpha value is -2.80. The molecule has 3 aromatic rings. The van der Waals surface area contributed by atoms with Crippen LogP contribution in [0.2, 0.25) is 5.02 Å². The summed E-state index contributed by atoms with van der Waals surface area (Å²) in [6.45, 7) is 1.26. The predicted molar refractivity (Wildman–Crippen MR) is 105 cm³/mol. The van der Waals surface area contributed by atoms with Crippen LogP contribution in [0.3, 0.4) is 0 Å². The van der Waals surface area contributed by atoms with Crippen LogP contribution in [-0.4, -0.2) is 42.5 Å². The minimum absolute atomic E-state index is 0.0472. The van der Waals surface area contributed by atoms with Gasteiger partial charge in [0.25, 0.3) is 0 Å². The maximum absolute atomic E-state index is 12.7. The van der Waals surface area contributed by atoms with Gasteiger partial charge in [0, 0.05) is 24.2 Å². The Balaban J connectivity index is 1.39. The first-order chi connectivity index (χ1) is 13.7. The summed E-state index contributed by atoms with van der Waals surface area (Å²) in [5.41, 5.74) is 3.29. The lowest BCUT2D eigenvalue weighted by molar-refractivity contribution is -0.132. The van der Waals surface area contributed by atoms with E-state index in [1.807, 2.05) is 41.4 Å². The van der Waals surface area contributed by atoms with Crippen LogP contribution in [0, 0.1) is 0 Å². The zero-order valence-electron chi connectivity index (χ0n) is 15.4. The zero-order valence-corrected chi connectivity index (χ0v) is 16.2. The SMILES string of the molecule is O=C(CCn1cnnn1)N1CCCC1c1ccc(Cc2ccc(Cl)cc2)cn1. The van der Waals surface area contributed by atoms with E-state index in [9.17, 15) is 4.79 Å². The van der Waals surface area contributed by atoms with Crippen LogP contribution in [0.25, 0.3) is 0 Å². The molecule has 1 atom stereocenters. The molecule has 1 saturated heterocycles. The van der Waals surface area contributed by atoms with Crippen LogP contribution in [0.5, 0.6) is 0 Å². The van der Waals surface area contributed by atoms with Crippen molar-refractivity contribution >= 4 is 17.5 Å². The van der Waals surface area contributed by atoms with E-state index in [0.717, 1.165) is 42.1 Å². The molecule has 0 aliphatic carbocycles. The van der Waals surface area contributed by atoms with Crippen molar-refractivity contribution in [2.24, 2.45) is 0 Å². The molecule has 1 fully saturated rings. The first-order valence-electron chi connectivity index (χ1n) is 9.38. The van der Waals surface area contributed by atoms with E-state index in [0.29, 0.717) is 13.0 Å². The molecule has 3 heterocycles. The molecule has 8 heteroatoms. The van der Waals surface area contributed by atoms with Gasteiger partial charge in [-0.2, -0.15) is 0 Å². The highest BCUT2D eigenvalue weighted by Crippen LogP contribution is 2.31. The van der Waals surface area contributed by atoms with Gasteiger partial charge in [-0.25, -0.2) is 4.68 Å². The lowest BCUT2D eigenvalue weighted by Gasteiger charge is -2.24. The van der Waals surface area contributed by atoms with Crippen LogP contribution in [-0.2, 0) is 17.8 Å². The summed E-state index contributed by atoms with van der Waals surface area (Å²) < 4.78 is 1.58. The monoisotopic (exact) mass is 396 g/mol. The fourth-order valence-electron chi connectivity index (χ4n) is 3.58. The van der Waals surface area contributed by atoms with E-state index in [2.05, 4.69) is 26.6 Å². The fraction of sp³-hybridized carbons (Fsp3) is 0.350. The average Bonchev–Trinajstić information content (AvgIpc) is 3.40. The molecule has 0 spiro atoms. The Morgan fingerprint density at radius 2 is 1.96 bits per heavy atom. The van der Waals surface area contributed by atoms with Crippen LogP contribution in [0.15, 0.2) is 48.9 Å². The van der Waals surface area contributed by atoms with E-state index >= 15 is 0 Å². The third kappa shape index (κ3) is 4.36. The maximum Gasteiger partial charge on any atom is 0.225 e. The second kappa shape index (κ2) is 8.48. The van der Waals surface area contributed by atoms with Crippen molar-refractivity contribution in [1.82, 2.24) is 30.1 Å². The highest BCUT2D eigenvalue weighted by molar-refractivity contribution is 6.30. The molecule has 1 aliphatic rings. The Kier molecular flexibility index (Phi) is 5.62. The van der Waals surface area contributed by atoms with Gasteiger partial charge in [0.05, 0.1) is 18.3 Å². The third-order valence-electron chi connectivity index (χ3n) is 5.03. The van der Waals surface area contributed by atoms with Gasteiger partial charge in [0.15, 0.2) is 0 Å². The van der Waals surface area contributed by atoms with Crippen LogP contribution in [0.4, 0.5) is 0 Å². The van der Waals surface area contributed by atoms with E-state index in [1.54, 1.807) is 4.68 Å². The van der Waals surface area contributed by atoms with Crippen molar-refractivity contribution in [3.8, 4) is 0 Å². The number of carbonyl (C=O) groups excluding carboxylic acids is 1. The number of halogens is 1. The number of amides is 1. The quantitative estimate of drug-likeness (QED) is 0.640. The number of hydrogen-bond donors (Lipinski definition) is 0. The van der Waals surface area contributed by atoms with Gasteiger partial charge in [0.2, 0.25) is 5.91 Å². The molecule has 4 rings (SSSR count). The van der Waals surface area contributed by atoms with Gasteiger partial charge in [-0.15, -0.1) is 5.10 Å². The first kappa shape index (κ1) is 18.6. The summed E-state index contributed by atoms with van der Waals surface area (Å²) in [4.78, 5) is 19.3. The standard InChI is InChI=1S/C20H21ClN6O/c21-17-6-3-15(4-7-17)12-16-5-8-18(22-13-16)19-2-1-10-27(19)20(28)9-11-26-14-23-24-25-26/h3-8,13-14,19H,1-2,9-12H2. The highest BCUT2D eigenvalue weighted by Gasteiger charge is 2.30. The molecule has 0 saturated carbocycles. The Bertz CT molecular complexity index is 911. The van der Waals surface area contributed by atoms with E-state index in [4.69, 9.17) is 11.6 Å². The number of hydrogen-bond acceptors (Lipinski definition) is 5. The third-order valence-corrected chi connectivity index (χ3v) is 5.28. The van der Waals surface area contributed by atoms with Crippen molar-refractivity contribution in [1.29, 1.82) is 0 Å². The smallest absolute Gasteiger partial charge is 0.225 e. The zero-order chi connectivity index (χ0) is 19.3. The summed E-state index contributed by atoms with van der Waals surface area (Å²) in [7, 11) is 0. The minimum atomic E-state index is 0.0472. The number of aryl methyl sites for hydroxylation is 1. The van der Waals surface area contributed by atoms with Gasteiger partial charge in [-0.3, -0.25) is 9.78 Å². The molecule has 28 heavy (non-hydrogen) atoms. The van der Waals surface area contributed by atoms with Crippen LogP contribution >= 0.6 is 11.6 Å². The molecular weight excluding hydrogens is 376 g/mol. The molecule has 0 N–H and O–H groups in total. The Morgan fingerprint density at radius 3 is 2.68 bits per heavy atom. The molecule has 144 valence electrons. The second-order valence-electron chi connectivity index (χ2n) is 6.96. The Morgan fingerprint density at radius 1 is 1.14 bits per heavy atom. The lowest BCUT2D eigenvalue weighted by Crippen LogP contribution is -2.31. The minimum Gasteiger partial charge on any atom is -0.334 e. The van der Waals surface area contributed by atoms with Crippen molar-refractivity contribution in [3.05, 3.63) is 70.8 Å². The normalized spacial score (nSPS) is 16.5. The van der Waals surface area contributed by atoms with Crippen LogP contribution < -0.4 is 0 Å². The first-order valence-corrected chi connectivity index (χ1v) is 9.76. The van der Waals surface area contributed by atoms with Gasteiger partial charge < -0.3 is 4.90 Å². The Labute approximate surface area is 168 Å². The number of tetrazole rings is 1. The average molecular weight is 397 g/mol. The summed E-state index contributed by atoms with van der Waals surface area (Å²) in [5.74, 6) is 0.116. The molecule has 1 amide bonds. The summed E-state index contributed by atoms with van der Waals surface area (Å²) in [5, 5.41) is 11.7. The summed E-state index contributed by atoms with van der Waals surface area (Å²) >= 11 is 5.94. The van der Waals surface area contributed by atoms with Crippen LogP contribution in [0.1, 0.15) is 42.1 Å². The van der Waals surface area contributed by atoms with Gasteiger partial charge >= 0.3 is 0 Å². The van der Waals surface area contributed by atoms with Crippen molar-refractivity contribution in [3.63, 3.8) is 0 Å². The van der Waals surface area contributed by atoms with Gasteiger partial charge in [0.1, 0.15) is 6.33 Å². The maximum atomic E-state index is 12.7. The summed E-state index contributed by atoms with van der Waals surface area (Å²) in [6.07, 6.45) is 6.57. The number of benzene rings is 1. The van der Waals surface area contributed by atoms with Crippen molar-refractivity contribution in [2.75, 3.05) is 6.54 Å². The number of aromatic nitrogens is 5. The fourth-order valence-corrected chi connectivity index (χ4v) is 3.71. The lowest BCUT2D eigenvalue weighted by atomic mass is 10.0. The van der Waals surface area contributed by atoms with Gasteiger partial charge in [-0.05, 0) is 59.0 Å².